The highest BCUT2D eigenvalue weighted by Gasteiger charge is 2.10. The minimum absolute atomic E-state index is 0.792. The van der Waals surface area contributed by atoms with Crippen LogP contribution in [-0.4, -0.2) is 25.6 Å². The molecule has 0 radical (unpaired) electrons. The number of benzene rings is 3. The third-order valence-corrected chi connectivity index (χ3v) is 5.47. The Kier molecular flexibility index (Phi) is 7.09. The standard InChI is InChI=1S/C24H24N2O2S/c1-17(19-9-8-10-20(15-19)27-3)25-26-18(2)23-16-21(28-4)13-14-24(23)29-22-11-6-5-7-12-22/h5-16H,1-4H3/b25-17+,26-18+. The van der Waals surface area contributed by atoms with Gasteiger partial charge in [0.2, 0.25) is 0 Å². The zero-order chi connectivity index (χ0) is 20.6. The van der Waals surface area contributed by atoms with Crippen LogP contribution in [0.5, 0.6) is 11.5 Å². The molecule has 0 aliphatic rings. The van der Waals surface area contributed by atoms with E-state index in [0.29, 0.717) is 0 Å². The Hall–Kier alpha value is -3.05. The van der Waals surface area contributed by atoms with Crippen molar-refractivity contribution in [1.82, 2.24) is 0 Å². The molecule has 0 unspecified atom stereocenters. The molecular weight excluding hydrogens is 380 g/mol. The van der Waals surface area contributed by atoms with Gasteiger partial charge in [0.25, 0.3) is 0 Å². The van der Waals surface area contributed by atoms with Crippen LogP contribution in [0.15, 0.2) is 92.8 Å². The topological polar surface area (TPSA) is 43.2 Å². The third-order valence-electron chi connectivity index (χ3n) is 4.39. The normalized spacial score (nSPS) is 12.0. The molecule has 0 saturated heterocycles. The summed E-state index contributed by atoms with van der Waals surface area (Å²) >= 11 is 1.70. The van der Waals surface area contributed by atoms with Crippen LogP contribution < -0.4 is 9.47 Å². The van der Waals surface area contributed by atoms with E-state index in [0.717, 1.165) is 38.9 Å². The van der Waals surface area contributed by atoms with Crippen LogP contribution in [0.4, 0.5) is 0 Å². The maximum absolute atomic E-state index is 5.42. The van der Waals surface area contributed by atoms with Crippen molar-refractivity contribution in [3.05, 3.63) is 83.9 Å². The smallest absolute Gasteiger partial charge is 0.119 e. The van der Waals surface area contributed by atoms with Crippen molar-refractivity contribution in [2.24, 2.45) is 10.2 Å². The molecule has 0 aliphatic heterocycles. The van der Waals surface area contributed by atoms with Gasteiger partial charge in [-0.15, -0.1) is 0 Å². The Bertz CT molecular complexity index is 1030. The van der Waals surface area contributed by atoms with Gasteiger partial charge >= 0.3 is 0 Å². The zero-order valence-corrected chi connectivity index (χ0v) is 17.9. The second kappa shape index (κ2) is 9.94. The van der Waals surface area contributed by atoms with Crippen molar-refractivity contribution in [2.45, 2.75) is 23.6 Å². The summed E-state index contributed by atoms with van der Waals surface area (Å²) in [4.78, 5) is 2.27. The predicted octanol–water partition coefficient (Wildman–Crippen LogP) is 6.09. The molecule has 148 valence electrons. The van der Waals surface area contributed by atoms with Crippen LogP contribution >= 0.6 is 11.8 Å². The minimum atomic E-state index is 0.792. The fourth-order valence-corrected chi connectivity index (χ4v) is 3.73. The quantitative estimate of drug-likeness (QED) is 0.354. The summed E-state index contributed by atoms with van der Waals surface area (Å²) in [7, 11) is 3.32. The summed E-state index contributed by atoms with van der Waals surface area (Å²) in [5.74, 6) is 1.59. The molecule has 0 atom stereocenters. The van der Waals surface area contributed by atoms with Gasteiger partial charge in [0.15, 0.2) is 0 Å². The number of rotatable bonds is 7. The highest BCUT2D eigenvalue weighted by Crippen LogP contribution is 2.33. The molecule has 4 nitrogen and oxygen atoms in total. The van der Waals surface area contributed by atoms with Gasteiger partial charge in [-0.05, 0) is 56.3 Å². The maximum Gasteiger partial charge on any atom is 0.119 e. The first-order valence-corrected chi connectivity index (χ1v) is 10.1. The van der Waals surface area contributed by atoms with E-state index in [1.807, 2.05) is 68.4 Å². The van der Waals surface area contributed by atoms with Crippen molar-refractivity contribution < 1.29 is 9.47 Å². The molecule has 0 fully saturated rings. The van der Waals surface area contributed by atoms with Gasteiger partial charge < -0.3 is 9.47 Å². The first-order valence-electron chi connectivity index (χ1n) is 9.25. The molecule has 3 aromatic carbocycles. The van der Waals surface area contributed by atoms with E-state index in [4.69, 9.17) is 9.47 Å². The predicted molar refractivity (Wildman–Crippen MR) is 121 cm³/mol. The zero-order valence-electron chi connectivity index (χ0n) is 17.0. The number of nitrogens with zero attached hydrogens (tertiary/aromatic N) is 2. The summed E-state index contributed by atoms with van der Waals surface area (Å²) in [6.45, 7) is 3.91. The third kappa shape index (κ3) is 5.48. The molecule has 0 amide bonds. The molecule has 0 spiro atoms. The van der Waals surface area contributed by atoms with Gasteiger partial charge in [0.05, 0.1) is 25.6 Å². The van der Waals surface area contributed by atoms with Gasteiger partial charge in [-0.3, -0.25) is 0 Å². The molecular formula is C24H24N2O2S. The minimum Gasteiger partial charge on any atom is -0.497 e. The van der Waals surface area contributed by atoms with E-state index >= 15 is 0 Å². The number of hydrogen-bond donors (Lipinski definition) is 0. The number of ether oxygens (including phenoxy) is 2. The van der Waals surface area contributed by atoms with Crippen molar-refractivity contribution in [3.63, 3.8) is 0 Å². The molecule has 0 aliphatic carbocycles. The van der Waals surface area contributed by atoms with Crippen molar-refractivity contribution in [2.75, 3.05) is 14.2 Å². The van der Waals surface area contributed by atoms with Gasteiger partial charge in [-0.2, -0.15) is 10.2 Å². The van der Waals surface area contributed by atoms with E-state index in [9.17, 15) is 0 Å². The number of methoxy groups -OCH3 is 2. The summed E-state index contributed by atoms with van der Waals surface area (Å²) in [5.41, 5.74) is 3.62. The maximum atomic E-state index is 5.42. The molecule has 0 heterocycles. The molecule has 5 heteroatoms. The lowest BCUT2D eigenvalue weighted by Gasteiger charge is -2.11. The van der Waals surface area contributed by atoms with Crippen LogP contribution in [0.1, 0.15) is 25.0 Å². The lowest BCUT2D eigenvalue weighted by Crippen LogP contribution is -2.00. The average Bonchev–Trinajstić information content (AvgIpc) is 2.78. The fourth-order valence-electron chi connectivity index (χ4n) is 2.73. The second-order valence-corrected chi connectivity index (χ2v) is 7.50. The first-order chi connectivity index (χ1) is 14.1. The van der Waals surface area contributed by atoms with Crippen molar-refractivity contribution in [3.8, 4) is 11.5 Å². The Balaban J connectivity index is 1.92. The van der Waals surface area contributed by atoms with Gasteiger partial charge in [-0.1, -0.05) is 42.1 Å². The SMILES string of the molecule is COc1cccc(/C(C)=N/N=C(\C)c2cc(OC)ccc2Sc2ccccc2)c1. The van der Waals surface area contributed by atoms with Crippen molar-refractivity contribution >= 4 is 23.2 Å². The van der Waals surface area contributed by atoms with Gasteiger partial charge in [-0.25, -0.2) is 0 Å². The van der Waals surface area contributed by atoms with E-state index in [2.05, 4.69) is 28.4 Å². The molecule has 3 aromatic rings. The lowest BCUT2D eigenvalue weighted by molar-refractivity contribution is 0.414. The summed E-state index contributed by atoms with van der Waals surface area (Å²) in [6, 6.07) is 24.1. The Morgan fingerprint density at radius 1 is 0.724 bits per heavy atom. The highest BCUT2D eigenvalue weighted by atomic mass is 32.2. The molecule has 29 heavy (non-hydrogen) atoms. The average molecular weight is 405 g/mol. The van der Waals surface area contributed by atoms with Crippen molar-refractivity contribution in [1.29, 1.82) is 0 Å². The van der Waals surface area contributed by atoms with E-state index in [1.165, 1.54) is 4.90 Å². The summed E-state index contributed by atoms with van der Waals surface area (Å²) in [5, 5.41) is 8.95. The Morgan fingerprint density at radius 3 is 2.14 bits per heavy atom. The molecule has 0 bridgehead atoms. The number of hydrogen-bond acceptors (Lipinski definition) is 5. The monoisotopic (exact) mass is 404 g/mol. The summed E-state index contributed by atoms with van der Waals surface area (Å²) < 4.78 is 10.7. The molecule has 3 rings (SSSR count). The van der Waals surface area contributed by atoms with E-state index in [-0.39, 0.29) is 0 Å². The lowest BCUT2D eigenvalue weighted by atomic mass is 10.1. The largest absolute Gasteiger partial charge is 0.497 e. The fraction of sp³-hybridized carbons (Fsp3) is 0.167. The first kappa shape index (κ1) is 20.7. The van der Waals surface area contributed by atoms with Gasteiger partial charge in [0.1, 0.15) is 11.5 Å². The Morgan fingerprint density at radius 2 is 1.41 bits per heavy atom. The Labute approximate surface area is 176 Å². The molecule has 0 aromatic heterocycles. The highest BCUT2D eigenvalue weighted by molar-refractivity contribution is 7.99. The van der Waals surface area contributed by atoms with E-state index in [1.54, 1.807) is 26.0 Å². The molecule has 0 N–H and O–H groups in total. The van der Waals surface area contributed by atoms with Gasteiger partial charge in [0, 0.05) is 20.9 Å². The van der Waals surface area contributed by atoms with E-state index < -0.39 is 0 Å². The van der Waals surface area contributed by atoms with Crippen LogP contribution in [0.3, 0.4) is 0 Å². The van der Waals surface area contributed by atoms with Crippen LogP contribution in [0.25, 0.3) is 0 Å². The van der Waals surface area contributed by atoms with Crippen LogP contribution in [0.2, 0.25) is 0 Å². The second-order valence-electron chi connectivity index (χ2n) is 6.38. The molecule has 0 saturated carbocycles. The summed E-state index contributed by atoms with van der Waals surface area (Å²) in [6.07, 6.45) is 0. The van der Waals surface area contributed by atoms with Crippen LogP contribution in [-0.2, 0) is 0 Å². The van der Waals surface area contributed by atoms with Crippen LogP contribution in [0, 0.1) is 0 Å².